The summed E-state index contributed by atoms with van der Waals surface area (Å²) in [4.78, 5) is 31.0. The van der Waals surface area contributed by atoms with Crippen molar-refractivity contribution in [2.75, 3.05) is 17.3 Å². The first-order chi connectivity index (χ1) is 14.0. The number of hydrogen-bond acceptors (Lipinski definition) is 3. The van der Waals surface area contributed by atoms with E-state index in [0.29, 0.717) is 11.4 Å². The van der Waals surface area contributed by atoms with Crippen molar-refractivity contribution in [3.8, 4) is 0 Å². The second kappa shape index (κ2) is 7.72. The topological polar surface area (TPSA) is 61.8 Å². The van der Waals surface area contributed by atoms with Gasteiger partial charge in [-0.3, -0.25) is 14.6 Å². The van der Waals surface area contributed by atoms with Crippen LogP contribution < -0.4 is 10.2 Å². The van der Waals surface area contributed by atoms with Gasteiger partial charge in [0.2, 0.25) is 11.8 Å². The zero-order chi connectivity index (χ0) is 20.4. The largest absolute Gasteiger partial charge is 0.325 e. The third-order valence-corrected chi connectivity index (χ3v) is 5.07. The molecule has 0 radical (unpaired) electrons. The zero-order valence-corrected chi connectivity index (χ0v) is 16.3. The number of anilines is 2. The van der Waals surface area contributed by atoms with Crippen LogP contribution in [-0.4, -0.2) is 24.6 Å². The molecule has 0 aromatic heterocycles. The number of carbonyl (C=O) groups excluding carboxylic acids is 2. The number of fused-ring (bicyclic) bond motifs is 1. The summed E-state index contributed by atoms with van der Waals surface area (Å²) in [7, 11) is 1.73. The van der Waals surface area contributed by atoms with E-state index < -0.39 is 5.92 Å². The Morgan fingerprint density at radius 3 is 2.45 bits per heavy atom. The van der Waals surface area contributed by atoms with Gasteiger partial charge in [0.05, 0.1) is 11.4 Å². The first-order valence-electron chi connectivity index (χ1n) is 9.43. The molecule has 1 unspecified atom stereocenters. The Morgan fingerprint density at radius 2 is 1.69 bits per heavy atom. The zero-order valence-electron chi connectivity index (χ0n) is 16.3. The van der Waals surface area contributed by atoms with Crippen LogP contribution in [0.4, 0.5) is 17.1 Å². The summed E-state index contributed by atoms with van der Waals surface area (Å²) >= 11 is 0. The van der Waals surface area contributed by atoms with Crippen molar-refractivity contribution in [2.24, 2.45) is 4.99 Å². The Balaban J connectivity index is 1.84. The number of benzene rings is 3. The number of rotatable bonds is 4. The average Bonchev–Trinajstić information content (AvgIpc) is 3.08. The van der Waals surface area contributed by atoms with Crippen LogP contribution in [0.5, 0.6) is 0 Å². The summed E-state index contributed by atoms with van der Waals surface area (Å²) in [5.74, 6) is -0.646. The van der Waals surface area contributed by atoms with Crippen LogP contribution in [0.15, 0.2) is 83.9 Å². The fourth-order valence-corrected chi connectivity index (χ4v) is 3.48. The fraction of sp³-hybridized carbons (Fsp3) is 0.125. The van der Waals surface area contributed by atoms with E-state index in [9.17, 15) is 9.59 Å². The van der Waals surface area contributed by atoms with E-state index in [1.807, 2.05) is 78.9 Å². The molecule has 5 heteroatoms. The second-order valence-electron chi connectivity index (χ2n) is 6.97. The normalized spacial score (nSPS) is 15.6. The molecule has 0 spiro atoms. The van der Waals surface area contributed by atoms with Crippen LogP contribution in [0.3, 0.4) is 0 Å². The molecule has 1 aliphatic heterocycles. The number of carbonyl (C=O) groups is 2. The molecule has 1 heterocycles. The first-order valence-corrected chi connectivity index (χ1v) is 9.43. The highest BCUT2D eigenvalue weighted by atomic mass is 16.2. The second-order valence-corrected chi connectivity index (χ2v) is 6.97. The third kappa shape index (κ3) is 3.67. The number of aliphatic imine (C=N–C) groups is 1. The molecule has 0 bridgehead atoms. The lowest BCUT2D eigenvalue weighted by Gasteiger charge is -2.16. The summed E-state index contributed by atoms with van der Waals surface area (Å²) in [6.07, 6.45) is 0. The van der Waals surface area contributed by atoms with Gasteiger partial charge in [0.1, 0.15) is 5.92 Å². The summed E-state index contributed by atoms with van der Waals surface area (Å²) in [5.41, 5.74) is 4.73. The lowest BCUT2D eigenvalue weighted by Crippen LogP contribution is -2.23. The maximum atomic E-state index is 12.9. The van der Waals surface area contributed by atoms with Gasteiger partial charge in [0, 0.05) is 25.3 Å². The maximum Gasteiger partial charge on any atom is 0.238 e. The van der Waals surface area contributed by atoms with Gasteiger partial charge in [-0.1, -0.05) is 54.6 Å². The summed E-state index contributed by atoms with van der Waals surface area (Å²) in [5, 5.41) is 2.96. The van der Waals surface area contributed by atoms with Crippen LogP contribution in [0.25, 0.3) is 0 Å². The number of para-hydroxylation sites is 1. The van der Waals surface area contributed by atoms with Crippen LogP contribution in [-0.2, 0) is 9.59 Å². The van der Waals surface area contributed by atoms with Crippen molar-refractivity contribution in [3.63, 3.8) is 0 Å². The lowest BCUT2D eigenvalue weighted by molar-refractivity contribution is -0.116. The van der Waals surface area contributed by atoms with Crippen LogP contribution in [0, 0.1) is 0 Å². The Hall–Kier alpha value is -3.73. The van der Waals surface area contributed by atoms with Gasteiger partial charge in [-0.25, -0.2) is 0 Å². The minimum atomic E-state index is -0.497. The molecule has 0 saturated carbocycles. The van der Waals surface area contributed by atoms with Crippen molar-refractivity contribution < 1.29 is 9.59 Å². The molecule has 1 atom stereocenters. The van der Waals surface area contributed by atoms with Crippen LogP contribution in [0.2, 0.25) is 0 Å². The Kier molecular flexibility index (Phi) is 4.96. The Bertz CT molecular complexity index is 1110. The summed E-state index contributed by atoms with van der Waals surface area (Å²) in [6.45, 7) is 1.52. The predicted molar refractivity (Wildman–Crippen MR) is 116 cm³/mol. The monoisotopic (exact) mass is 383 g/mol. The van der Waals surface area contributed by atoms with Gasteiger partial charge in [-0.05, 0) is 35.4 Å². The molecule has 5 nitrogen and oxygen atoms in total. The molecule has 0 saturated heterocycles. The van der Waals surface area contributed by atoms with E-state index in [1.165, 1.54) is 6.92 Å². The van der Waals surface area contributed by atoms with Crippen molar-refractivity contribution in [2.45, 2.75) is 12.8 Å². The van der Waals surface area contributed by atoms with Gasteiger partial charge < -0.3 is 10.2 Å². The van der Waals surface area contributed by atoms with Gasteiger partial charge in [0.15, 0.2) is 0 Å². The Labute approximate surface area is 169 Å². The fourth-order valence-electron chi connectivity index (χ4n) is 3.48. The van der Waals surface area contributed by atoms with E-state index >= 15 is 0 Å². The highest BCUT2D eigenvalue weighted by molar-refractivity contribution is 6.24. The van der Waals surface area contributed by atoms with Gasteiger partial charge in [-0.15, -0.1) is 0 Å². The van der Waals surface area contributed by atoms with Gasteiger partial charge >= 0.3 is 0 Å². The lowest BCUT2D eigenvalue weighted by atomic mass is 9.90. The molecule has 0 aliphatic carbocycles. The molecule has 1 aliphatic rings. The van der Waals surface area contributed by atoms with E-state index in [2.05, 4.69) is 5.32 Å². The first kappa shape index (κ1) is 18.6. The standard InChI is InChI=1S/C24H21N3O2/c1-16(28)27(2)19-12-8-11-18(15-19)25-23(17-9-4-3-5-10-17)22-20-13-6-7-14-21(20)26-24(22)29/h3-15,22H,1-2H3,(H,26,29). The molecular weight excluding hydrogens is 362 g/mol. The molecule has 3 aromatic rings. The molecule has 0 fully saturated rings. The van der Waals surface area contributed by atoms with Crippen molar-refractivity contribution in [1.29, 1.82) is 0 Å². The molecular formula is C24H21N3O2. The number of hydrogen-bond donors (Lipinski definition) is 1. The van der Waals surface area contributed by atoms with E-state index in [-0.39, 0.29) is 11.8 Å². The molecule has 3 aromatic carbocycles. The van der Waals surface area contributed by atoms with E-state index in [4.69, 9.17) is 4.99 Å². The maximum absolute atomic E-state index is 12.9. The van der Waals surface area contributed by atoms with Crippen molar-refractivity contribution >= 4 is 34.6 Å². The quantitative estimate of drug-likeness (QED) is 0.673. The van der Waals surface area contributed by atoms with Gasteiger partial charge in [0.25, 0.3) is 0 Å². The van der Waals surface area contributed by atoms with E-state index in [0.717, 1.165) is 22.5 Å². The minimum Gasteiger partial charge on any atom is -0.325 e. The van der Waals surface area contributed by atoms with Gasteiger partial charge in [-0.2, -0.15) is 0 Å². The molecule has 4 rings (SSSR count). The van der Waals surface area contributed by atoms with E-state index in [1.54, 1.807) is 11.9 Å². The Morgan fingerprint density at radius 1 is 0.966 bits per heavy atom. The highest BCUT2D eigenvalue weighted by Crippen LogP contribution is 2.36. The van der Waals surface area contributed by atoms with Crippen molar-refractivity contribution in [1.82, 2.24) is 0 Å². The van der Waals surface area contributed by atoms with Crippen LogP contribution in [0.1, 0.15) is 24.0 Å². The average molecular weight is 383 g/mol. The number of nitrogens with zero attached hydrogens (tertiary/aromatic N) is 2. The number of nitrogens with one attached hydrogen (secondary N) is 1. The number of amides is 2. The SMILES string of the molecule is CC(=O)N(C)c1cccc(N=C(c2ccccc2)C2C(=O)Nc3ccccc32)c1. The molecule has 29 heavy (non-hydrogen) atoms. The van der Waals surface area contributed by atoms with Crippen LogP contribution >= 0.6 is 0 Å². The minimum absolute atomic E-state index is 0.0569. The third-order valence-electron chi connectivity index (χ3n) is 5.07. The summed E-state index contributed by atoms with van der Waals surface area (Å²) in [6, 6.07) is 24.9. The summed E-state index contributed by atoms with van der Waals surface area (Å²) < 4.78 is 0. The molecule has 1 N–H and O–H groups in total. The highest BCUT2D eigenvalue weighted by Gasteiger charge is 2.35. The molecule has 144 valence electrons. The van der Waals surface area contributed by atoms with Crippen molar-refractivity contribution in [3.05, 3.63) is 90.0 Å². The smallest absolute Gasteiger partial charge is 0.238 e. The predicted octanol–water partition coefficient (Wildman–Crippen LogP) is 4.53. The molecule has 2 amide bonds.